The number of rotatable bonds is 6. The van der Waals surface area contributed by atoms with Crippen LogP contribution in [0.1, 0.15) is 33.1 Å². The van der Waals surface area contributed by atoms with Gasteiger partial charge in [-0.25, -0.2) is 0 Å². The maximum absolute atomic E-state index is 11.1. The molecule has 6 atom stereocenters. The molecular formula is C13H26N2O6. The van der Waals surface area contributed by atoms with Gasteiger partial charge in [0.1, 0.15) is 23.9 Å². The molecule has 1 unspecified atom stereocenters. The second-order valence-corrected chi connectivity index (χ2v) is 5.53. The molecule has 0 saturated carbocycles. The van der Waals surface area contributed by atoms with E-state index < -0.39 is 48.7 Å². The number of amides is 1. The van der Waals surface area contributed by atoms with Crippen LogP contribution in [0.15, 0.2) is 0 Å². The number of ether oxygens (including phenoxy) is 1. The Morgan fingerprint density at radius 2 is 2.05 bits per heavy atom. The Kier molecular flexibility index (Phi) is 6.51. The first-order valence-electron chi connectivity index (χ1n) is 7.15. The maximum Gasteiger partial charge on any atom is 0.217 e. The zero-order valence-corrected chi connectivity index (χ0v) is 12.4. The molecule has 1 amide bonds. The number of hydrogen-bond acceptors (Lipinski definition) is 7. The molecule has 0 aromatic rings. The van der Waals surface area contributed by atoms with Crippen LogP contribution in [0.2, 0.25) is 0 Å². The first kappa shape index (κ1) is 18.3. The fourth-order valence-electron chi connectivity index (χ4n) is 2.64. The van der Waals surface area contributed by atoms with E-state index in [0.29, 0.717) is 6.42 Å². The highest BCUT2D eigenvalue weighted by molar-refractivity contribution is 5.73. The molecule has 1 aliphatic rings. The zero-order chi connectivity index (χ0) is 16.2. The Bertz CT molecular complexity index is 356. The van der Waals surface area contributed by atoms with Crippen LogP contribution in [0.4, 0.5) is 0 Å². The highest BCUT2D eigenvalue weighted by atomic mass is 16.6. The Hall–Kier alpha value is -0.770. The predicted octanol–water partition coefficient (Wildman–Crippen LogP) is -2.19. The number of hydrogen-bond donors (Lipinski definition) is 6. The van der Waals surface area contributed by atoms with Crippen molar-refractivity contribution in [2.75, 3.05) is 6.61 Å². The summed E-state index contributed by atoms with van der Waals surface area (Å²) in [6, 6.07) is -1.95. The van der Waals surface area contributed by atoms with E-state index in [1.807, 2.05) is 6.92 Å². The molecule has 8 nitrogen and oxygen atoms in total. The van der Waals surface area contributed by atoms with Gasteiger partial charge in [0, 0.05) is 13.0 Å². The van der Waals surface area contributed by atoms with Crippen molar-refractivity contribution in [3.05, 3.63) is 0 Å². The highest BCUT2D eigenvalue weighted by Gasteiger charge is 2.56. The van der Waals surface area contributed by atoms with E-state index in [0.717, 1.165) is 12.8 Å². The van der Waals surface area contributed by atoms with Crippen LogP contribution >= 0.6 is 0 Å². The molecule has 0 radical (unpaired) electrons. The summed E-state index contributed by atoms with van der Waals surface area (Å²) < 4.78 is 5.33. The minimum atomic E-state index is -1.66. The van der Waals surface area contributed by atoms with Gasteiger partial charge in [-0.2, -0.15) is 0 Å². The first-order valence-corrected chi connectivity index (χ1v) is 7.15. The molecule has 0 aromatic carbocycles. The van der Waals surface area contributed by atoms with Crippen molar-refractivity contribution in [2.45, 2.75) is 69.3 Å². The Balaban J connectivity index is 2.95. The molecule has 8 heteroatoms. The van der Waals surface area contributed by atoms with Gasteiger partial charge in [0.25, 0.3) is 0 Å². The summed E-state index contributed by atoms with van der Waals surface area (Å²) in [5.74, 6) is -0.485. The van der Waals surface area contributed by atoms with Crippen LogP contribution in [0, 0.1) is 0 Å². The van der Waals surface area contributed by atoms with Crippen molar-refractivity contribution in [2.24, 2.45) is 5.73 Å². The number of nitrogens with one attached hydrogen (secondary N) is 1. The van der Waals surface area contributed by atoms with Crippen LogP contribution in [0.25, 0.3) is 0 Å². The van der Waals surface area contributed by atoms with Gasteiger partial charge in [0.05, 0.1) is 6.61 Å². The molecule has 0 bridgehead atoms. The summed E-state index contributed by atoms with van der Waals surface area (Å²) in [5.41, 5.74) is 4.32. The fraction of sp³-hybridized carbons (Fsp3) is 0.923. The quantitative estimate of drug-likeness (QED) is 0.327. The van der Waals surface area contributed by atoms with Gasteiger partial charge in [-0.15, -0.1) is 0 Å². The summed E-state index contributed by atoms with van der Waals surface area (Å²) in [6.07, 6.45) is -2.54. The van der Waals surface area contributed by atoms with Gasteiger partial charge in [-0.1, -0.05) is 19.8 Å². The maximum atomic E-state index is 11.1. The lowest BCUT2D eigenvalue weighted by molar-refractivity contribution is -0.307. The van der Waals surface area contributed by atoms with E-state index >= 15 is 0 Å². The average molecular weight is 306 g/mol. The number of carbonyl (C=O) groups excluding carboxylic acids is 1. The van der Waals surface area contributed by atoms with E-state index in [1.165, 1.54) is 6.92 Å². The summed E-state index contributed by atoms with van der Waals surface area (Å²) in [4.78, 5) is 11.1. The number of unbranched alkanes of at least 4 members (excludes halogenated alkanes) is 1. The third-order valence-electron chi connectivity index (χ3n) is 3.95. The lowest BCUT2D eigenvalue weighted by Gasteiger charge is -2.50. The van der Waals surface area contributed by atoms with Gasteiger partial charge < -0.3 is 36.2 Å². The zero-order valence-electron chi connectivity index (χ0n) is 12.4. The number of carbonyl (C=O) groups is 1. The van der Waals surface area contributed by atoms with Crippen molar-refractivity contribution in [1.29, 1.82) is 0 Å². The second kappa shape index (κ2) is 7.48. The summed E-state index contributed by atoms with van der Waals surface area (Å²) in [6.45, 7) is 2.53. The van der Waals surface area contributed by atoms with E-state index in [9.17, 15) is 25.2 Å². The van der Waals surface area contributed by atoms with Crippen molar-refractivity contribution >= 4 is 5.91 Å². The van der Waals surface area contributed by atoms with Crippen LogP contribution in [0.3, 0.4) is 0 Å². The number of nitrogens with two attached hydrogens (primary N) is 1. The smallest absolute Gasteiger partial charge is 0.217 e. The monoisotopic (exact) mass is 306 g/mol. The topological polar surface area (TPSA) is 145 Å². The van der Waals surface area contributed by atoms with Crippen molar-refractivity contribution in [3.63, 3.8) is 0 Å². The standard InChI is InChI=1S/C13H26N2O6/c1-3-4-5-8(14)13(6-16)11(19)10(18)9(12(20)21-13)15-7(2)17/h8-12,16,18-20H,3-6,14H2,1-2H3,(H,15,17)/t8?,9-,10-,11+,12-,13+/m1/s1. The minimum Gasteiger partial charge on any atom is -0.393 e. The molecular weight excluding hydrogens is 280 g/mol. The Labute approximate surface area is 123 Å². The van der Waals surface area contributed by atoms with E-state index in [1.54, 1.807) is 0 Å². The summed E-state index contributed by atoms with van der Waals surface area (Å²) >= 11 is 0. The molecule has 7 N–H and O–H groups in total. The summed E-state index contributed by atoms with van der Waals surface area (Å²) in [7, 11) is 0. The van der Waals surface area contributed by atoms with Gasteiger partial charge in [0.2, 0.25) is 5.91 Å². The van der Waals surface area contributed by atoms with Crippen LogP contribution in [0.5, 0.6) is 0 Å². The van der Waals surface area contributed by atoms with Crippen LogP contribution in [-0.2, 0) is 9.53 Å². The van der Waals surface area contributed by atoms with Crippen molar-refractivity contribution in [3.8, 4) is 0 Å². The van der Waals surface area contributed by atoms with Gasteiger partial charge >= 0.3 is 0 Å². The van der Waals surface area contributed by atoms with Crippen LogP contribution < -0.4 is 11.1 Å². The van der Waals surface area contributed by atoms with E-state index in [-0.39, 0.29) is 0 Å². The molecule has 1 aliphatic heterocycles. The minimum absolute atomic E-state index is 0.457. The van der Waals surface area contributed by atoms with Gasteiger partial charge in [-0.3, -0.25) is 4.79 Å². The van der Waals surface area contributed by atoms with Crippen molar-refractivity contribution < 1.29 is 30.0 Å². The fourth-order valence-corrected chi connectivity index (χ4v) is 2.64. The number of aliphatic hydroxyl groups excluding tert-OH is 4. The van der Waals surface area contributed by atoms with Gasteiger partial charge in [-0.05, 0) is 6.42 Å². The van der Waals surface area contributed by atoms with Crippen LogP contribution in [-0.4, -0.2) is 69.1 Å². The third kappa shape index (κ3) is 3.71. The second-order valence-electron chi connectivity index (χ2n) is 5.53. The number of aliphatic hydroxyl groups is 4. The molecule has 1 saturated heterocycles. The normalized spacial score (nSPS) is 38.0. The summed E-state index contributed by atoms with van der Waals surface area (Å²) in [5, 5.41) is 42.3. The molecule has 0 spiro atoms. The van der Waals surface area contributed by atoms with Gasteiger partial charge in [0.15, 0.2) is 6.29 Å². The van der Waals surface area contributed by atoms with E-state index in [2.05, 4.69) is 5.32 Å². The van der Waals surface area contributed by atoms with Crippen molar-refractivity contribution in [1.82, 2.24) is 5.32 Å². The average Bonchev–Trinajstić information content (AvgIpc) is 2.44. The molecule has 0 aromatic heterocycles. The molecule has 124 valence electrons. The molecule has 1 fully saturated rings. The predicted molar refractivity (Wildman–Crippen MR) is 74.0 cm³/mol. The third-order valence-corrected chi connectivity index (χ3v) is 3.95. The highest BCUT2D eigenvalue weighted by Crippen LogP contribution is 2.33. The molecule has 21 heavy (non-hydrogen) atoms. The SMILES string of the molecule is CCCCC(N)[C@]1(CO)O[C@@H](O)[C@H](NC(C)=O)[C@@H](O)[C@@H]1O. The molecule has 1 rings (SSSR count). The Morgan fingerprint density at radius 1 is 1.43 bits per heavy atom. The Morgan fingerprint density at radius 3 is 2.52 bits per heavy atom. The lowest BCUT2D eigenvalue weighted by Crippen LogP contribution is -2.74. The first-order chi connectivity index (χ1) is 9.80. The molecule has 0 aliphatic carbocycles. The largest absolute Gasteiger partial charge is 0.393 e. The lowest BCUT2D eigenvalue weighted by atomic mass is 9.79. The molecule has 1 heterocycles. The van der Waals surface area contributed by atoms with E-state index in [4.69, 9.17) is 10.5 Å².